The molecular formula is C53H48F3NO15. The zero-order valence-electron chi connectivity index (χ0n) is 38.8. The van der Waals surface area contributed by atoms with Gasteiger partial charge in [0.25, 0.3) is 5.90 Å². The van der Waals surface area contributed by atoms with Crippen LogP contribution in [0.25, 0.3) is 0 Å². The standard InChI is InChI=1S/C53H48F3NO15/c1-31(58)29-30-39(59)66-42-40(67-46(60)34-19-9-4-10-20-34)32(2)64-50(44(42)69-48(62)36-23-13-6-14-24-36)71-43-41(68-47(61)35-21-11-5-12-22-35)33(3)65-51(45(43)70-49(63)37-25-15-7-16-26-37)72-52(53(54,55)56)57-38-27-17-8-18-28-38/h4-28,32-33,40-45,50-51H,29-30H2,1-3H3/t32-,33-,40-,41-,42+,43+,44+,45+,50-,51?/m0/s1. The Morgan fingerprint density at radius 3 is 1.22 bits per heavy atom. The van der Waals surface area contributed by atoms with Gasteiger partial charge in [0.15, 0.2) is 36.8 Å². The minimum atomic E-state index is -5.28. The summed E-state index contributed by atoms with van der Waals surface area (Å²) in [5, 5.41) is 0. The van der Waals surface area contributed by atoms with E-state index in [-0.39, 0.29) is 40.1 Å². The molecule has 0 bridgehead atoms. The monoisotopic (exact) mass is 995 g/mol. The van der Waals surface area contributed by atoms with Crippen molar-refractivity contribution in [2.45, 2.75) is 101 Å². The zero-order chi connectivity index (χ0) is 51.4. The van der Waals surface area contributed by atoms with Crippen molar-refractivity contribution in [3.63, 3.8) is 0 Å². The number of carbonyl (C=O) groups is 6. The average molecular weight is 996 g/mol. The number of ketones is 1. The molecule has 0 aliphatic carbocycles. The second-order valence-electron chi connectivity index (χ2n) is 16.5. The number of alkyl halides is 3. The van der Waals surface area contributed by atoms with Crippen LogP contribution in [-0.4, -0.2) is 109 Å². The molecular weight excluding hydrogens is 948 g/mol. The zero-order valence-corrected chi connectivity index (χ0v) is 38.8. The fraction of sp³-hybridized carbons (Fsp3) is 0.302. The van der Waals surface area contributed by atoms with Crippen LogP contribution in [0.15, 0.2) is 157 Å². The third kappa shape index (κ3) is 13.6. The molecule has 10 atom stereocenters. The number of carbonyl (C=O) groups excluding carboxylic acids is 6. The van der Waals surface area contributed by atoms with Crippen LogP contribution < -0.4 is 0 Å². The molecule has 0 amide bonds. The number of halogens is 3. The smallest absolute Gasteiger partial charge is 0.454 e. The van der Waals surface area contributed by atoms with Crippen molar-refractivity contribution in [2.24, 2.45) is 4.99 Å². The van der Waals surface area contributed by atoms with Gasteiger partial charge in [-0.25, -0.2) is 24.2 Å². The summed E-state index contributed by atoms with van der Waals surface area (Å²) in [7, 11) is 0. The van der Waals surface area contributed by atoms with Gasteiger partial charge in [0.1, 0.15) is 11.9 Å². The number of rotatable bonds is 16. The minimum Gasteiger partial charge on any atom is -0.454 e. The van der Waals surface area contributed by atoms with Crippen LogP contribution in [0.3, 0.4) is 0 Å². The summed E-state index contributed by atoms with van der Waals surface area (Å²) in [4.78, 5) is 85.2. The van der Waals surface area contributed by atoms with E-state index in [1.165, 1.54) is 118 Å². The van der Waals surface area contributed by atoms with Gasteiger partial charge in [0.05, 0.1) is 46.6 Å². The summed E-state index contributed by atoms with van der Waals surface area (Å²) in [6, 6.07) is 37.1. The Labute approximate surface area is 410 Å². The lowest BCUT2D eigenvalue weighted by Crippen LogP contribution is -2.66. The molecule has 0 aromatic heterocycles. The van der Waals surface area contributed by atoms with Gasteiger partial charge in [-0.3, -0.25) is 4.79 Å². The Morgan fingerprint density at radius 1 is 0.458 bits per heavy atom. The molecule has 1 unspecified atom stereocenters. The molecule has 5 aromatic rings. The van der Waals surface area contributed by atoms with Gasteiger partial charge in [-0.1, -0.05) is 91.0 Å². The molecule has 7 rings (SSSR count). The van der Waals surface area contributed by atoms with Crippen LogP contribution in [0.2, 0.25) is 0 Å². The predicted octanol–water partition coefficient (Wildman–Crippen LogP) is 8.35. The van der Waals surface area contributed by atoms with Crippen LogP contribution in [-0.2, 0) is 52.2 Å². The molecule has 5 aromatic carbocycles. The van der Waals surface area contributed by atoms with E-state index in [2.05, 4.69) is 4.99 Å². The molecule has 2 fully saturated rings. The molecule has 2 heterocycles. The predicted molar refractivity (Wildman–Crippen MR) is 247 cm³/mol. The summed E-state index contributed by atoms with van der Waals surface area (Å²) in [6.07, 6.45) is -24.3. The highest BCUT2D eigenvalue weighted by Crippen LogP contribution is 2.37. The molecule has 0 saturated carbocycles. The van der Waals surface area contributed by atoms with Gasteiger partial charge in [0.2, 0.25) is 6.29 Å². The van der Waals surface area contributed by atoms with Crippen molar-refractivity contribution in [1.82, 2.24) is 0 Å². The fourth-order valence-corrected chi connectivity index (χ4v) is 7.61. The number of benzene rings is 5. The third-order valence-electron chi connectivity index (χ3n) is 11.2. The van der Waals surface area contributed by atoms with Crippen molar-refractivity contribution < 1.29 is 84.6 Å². The summed E-state index contributed by atoms with van der Waals surface area (Å²) >= 11 is 0. The van der Waals surface area contributed by atoms with Gasteiger partial charge in [0, 0.05) is 6.42 Å². The number of esters is 5. The van der Waals surface area contributed by atoms with Crippen molar-refractivity contribution in [2.75, 3.05) is 0 Å². The van der Waals surface area contributed by atoms with E-state index in [1.807, 2.05) is 0 Å². The van der Waals surface area contributed by atoms with E-state index in [9.17, 15) is 41.9 Å². The molecule has 2 aliphatic heterocycles. The van der Waals surface area contributed by atoms with Crippen molar-refractivity contribution in [3.05, 3.63) is 174 Å². The van der Waals surface area contributed by atoms with Gasteiger partial charge < -0.3 is 47.4 Å². The largest absolute Gasteiger partial charge is 0.468 e. The van der Waals surface area contributed by atoms with Crippen molar-refractivity contribution in [3.8, 4) is 0 Å². The Kier molecular flexibility index (Phi) is 17.3. The van der Waals surface area contributed by atoms with Crippen LogP contribution in [0.5, 0.6) is 0 Å². The lowest BCUT2D eigenvalue weighted by Gasteiger charge is -2.48. The molecule has 16 nitrogen and oxygen atoms in total. The Balaban J connectivity index is 1.37. The van der Waals surface area contributed by atoms with Crippen LogP contribution in [0.4, 0.5) is 18.9 Å². The number of para-hydroxylation sites is 1. The number of ether oxygens (including phenoxy) is 9. The van der Waals surface area contributed by atoms with E-state index in [4.69, 9.17) is 42.6 Å². The molecule has 0 N–H and O–H groups in total. The number of Topliss-reactive ketones (excluding diaryl/α,β-unsaturated/α-hetero) is 1. The Morgan fingerprint density at radius 2 is 0.819 bits per heavy atom. The van der Waals surface area contributed by atoms with Crippen LogP contribution >= 0.6 is 0 Å². The second kappa shape index (κ2) is 23.9. The second-order valence-corrected chi connectivity index (χ2v) is 16.5. The highest BCUT2D eigenvalue weighted by atomic mass is 19.4. The SMILES string of the molecule is CC(=O)CCC(=O)O[C@@H]1[C@@H](OC(=O)c2ccccc2)[C@H](C)O[C@@H](O[C@@H]2[C@@H](OC(=O)c3ccccc3)[C@H](C)OC(OC(=Nc3ccccc3)C(F)(F)F)[C@@H]2OC(=O)c2ccccc2)[C@@H]1OC(=O)c1ccccc1. The summed E-state index contributed by atoms with van der Waals surface area (Å²) in [5.41, 5.74) is -0.188. The molecule has 0 radical (unpaired) electrons. The normalized spacial score (nSPS) is 24.2. The number of hydrogen-bond donors (Lipinski definition) is 0. The lowest BCUT2D eigenvalue weighted by molar-refractivity contribution is -0.346. The molecule has 2 saturated heterocycles. The molecule has 19 heteroatoms. The lowest BCUT2D eigenvalue weighted by atomic mass is 9.96. The van der Waals surface area contributed by atoms with E-state index < -0.39 is 110 Å². The maximum Gasteiger partial charge on any atom is 0.468 e. The maximum absolute atomic E-state index is 15.0. The summed E-state index contributed by atoms with van der Waals surface area (Å²) in [5.74, 6) is -7.26. The summed E-state index contributed by atoms with van der Waals surface area (Å²) < 4.78 is 99.5. The van der Waals surface area contributed by atoms with Gasteiger partial charge in [-0.05, 0) is 81.4 Å². The first-order chi connectivity index (χ1) is 34.5. The van der Waals surface area contributed by atoms with Crippen LogP contribution in [0.1, 0.15) is 75.0 Å². The van der Waals surface area contributed by atoms with Gasteiger partial charge in [-0.15, -0.1) is 0 Å². The maximum atomic E-state index is 15.0. The average Bonchev–Trinajstić information content (AvgIpc) is 3.38. The van der Waals surface area contributed by atoms with E-state index in [1.54, 1.807) is 54.6 Å². The van der Waals surface area contributed by atoms with Crippen molar-refractivity contribution in [1.29, 1.82) is 0 Å². The van der Waals surface area contributed by atoms with Crippen LogP contribution in [0, 0.1) is 0 Å². The quantitative estimate of drug-likeness (QED) is 0.0395. The minimum absolute atomic E-state index is 0.0202. The Hall–Kier alpha value is -7.74. The van der Waals surface area contributed by atoms with Gasteiger partial charge in [-0.2, -0.15) is 13.2 Å². The first-order valence-corrected chi connectivity index (χ1v) is 22.6. The van der Waals surface area contributed by atoms with Crippen molar-refractivity contribution >= 4 is 47.2 Å². The third-order valence-corrected chi connectivity index (χ3v) is 11.2. The first kappa shape index (κ1) is 52.1. The highest BCUT2D eigenvalue weighted by Gasteiger charge is 2.58. The molecule has 72 heavy (non-hydrogen) atoms. The number of hydrogen-bond acceptors (Lipinski definition) is 16. The molecule has 0 spiro atoms. The highest BCUT2D eigenvalue weighted by molar-refractivity contribution is 5.91. The fourth-order valence-electron chi connectivity index (χ4n) is 7.61. The van der Waals surface area contributed by atoms with E-state index >= 15 is 0 Å². The molecule has 376 valence electrons. The van der Waals surface area contributed by atoms with E-state index in [0.717, 1.165) is 0 Å². The van der Waals surface area contributed by atoms with E-state index in [0.29, 0.717) is 0 Å². The summed E-state index contributed by atoms with van der Waals surface area (Å²) in [6.45, 7) is 3.98. The number of aliphatic imine (C=N–C) groups is 1. The number of nitrogens with zero attached hydrogens (tertiary/aromatic N) is 1. The molecule has 2 aliphatic rings. The Bertz CT molecular complexity index is 2680. The topological polar surface area (TPSA) is 198 Å². The first-order valence-electron chi connectivity index (χ1n) is 22.6. The van der Waals surface area contributed by atoms with Gasteiger partial charge >= 0.3 is 36.0 Å².